The van der Waals surface area contributed by atoms with E-state index >= 15 is 0 Å². The Labute approximate surface area is 172 Å². The minimum Gasteiger partial charge on any atom is -0.352 e. The van der Waals surface area contributed by atoms with Crippen molar-refractivity contribution in [2.45, 2.75) is 6.54 Å². The molecule has 0 spiro atoms. The molecule has 1 aliphatic rings. The van der Waals surface area contributed by atoms with Crippen LogP contribution in [0.25, 0.3) is 10.1 Å². The molecule has 0 bridgehead atoms. The zero-order chi connectivity index (χ0) is 20.1. The van der Waals surface area contributed by atoms with E-state index < -0.39 is 0 Å². The van der Waals surface area contributed by atoms with Crippen LogP contribution in [0.4, 0.5) is 10.6 Å². The van der Waals surface area contributed by atoms with Gasteiger partial charge in [-0.2, -0.15) is 4.37 Å². The van der Waals surface area contributed by atoms with Gasteiger partial charge in [-0.3, -0.25) is 9.78 Å². The smallest absolute Gasteiger partial charge is 0.317 e. The van der Waals surface area contributed by atoms with E-state index in [4.69, 9.17) is 0 Å². The summed E-state index contributed by atoms with van der Waals surface area (Å²) in [5, 5.41) is 6.59. The van der Waals surface area contributed by atoms with Gasteiger partial charge >= 0.3 is 6.03 Å². The number of amides is 3. The highest BCUT2D eigenvalue weighted by atomic mass is 32.1. The normalized spacial score (nSPS) is 14.1. The quantitative estimate of drug-likeness (QED) is 0.670. The second kappa shape index (κ2) is 8.87. The van der Waals surface area contributed by atoms with Crippen LogP contribution in [0.5, 0.6) is 0 Å². The Hall–Kier alpha value is -3.20. The van der Waals surface area contributed by atoms with Crippen LogP contribution >= 0.6 is 11.5 Å². The number of carbonyl (C=O) groups is 2. The van der Waals surface area contributed by atoms with Crippen LogP contribution in [-0.2, 0) is 11.3 Å². The standard InChI is InChI=1S/C20H22N6O2S/c27-18(22-13-15-5-3-4-8-21-15)14-23-20(28)26-11-9-25(10-12-26)19-16-6-1-2-7-17(16)29-24-19/h1-8H,9-14H2,(H,22,27)(H,23,28). The van der Waals surface area contributed by atoms with Gasteiger partial charge in [0.15, 0.2) is 0 Å². The minimum absolute atomic E-state index is 0.0530. The molecule has 0 atom stereocenters. The lowest BCUT2D eigenvalue weighted by molar-refractivity contribution is -0.120. The van der Waals surface area contributed by atoms with Crippen LogP contribution in [0.2, 0.25) is 0 Å². The number of fused-ring (bicyclic) bond motifs is 1. The number of carbonyl (C=O) groups excluding carboxylic acids is 2. The molecule has 2 aromatic heterocycles. The van der Waals surface area contributed by atoms with Crippen molar-refractivity contribution in [3.05, 3.63) is 54.4 Å². The number of urea groups is 1. The monoisotopic (exact) mass is 410 g/mol. The van der Waals surface area contributed by atoms with Crippen molar-refractivity contribution in [3.8, 4) is 0 Å². The SMILES string of the molecule is O=C(CNC(=O)N1CCN(c2nsc3ccccc23)CC1)NCc1ccccn1. The Morgan fingerprint density at radius 3 is 2.59 bits per heavy atom. The van der Waals surface area contributed by atoms with E-state index in [1.807, 2.05) is 30.3 Å². The van der Waals surface area contributed by atoms with Crippen LogP contribution in [0.15, 0.2) is 48.7 Å². The molecule has 150 valence electrons. The molecule has 3 aromatic rings. The number of nitrogens with one attached hydrogen (secondary N) is 2. The lowest BCUT2D eigenvalue weighted by atomic mass is 10.2. The molecule has 3 amide bonds. The molecule has 9 heteroatoms. The van der Waals surface area contributed by atoms with Crippen molar-refractivity contribution in [2.24, 2.45) is 0 Å². The third-order valence-corrected chi connectivity index (χ3v) is 5.63. The second-order valence-electron chi connectivity index (χ2n) is 6.73. The number of hydrogen-bond donors (Lipinski definition) is 2. The predicted molar refractivity (Wildman–Crippen MR) is 113 cm³/mol. The molecule has 0 unspecified atom stereocenters. The van der Waals surface area contributed by atoms with Crippen molar-refractivity contribution in [1.82, 2.24) is 24.9 Å². The summed E-state index contributed by atoms with van der Waals surface area (Å²) in [5.41, 5.74) is 0.776. The third-order valence-electron chi connectivity index (χ3n) is 4.82. The molecule has 0 saturated carbocycles. The highest BCUT2D eigenvalue weighted by molar-refractivity contribution is 7.13. The molecule has 2 N–H and O–H groups in total. The van der Waals surface area contributed by atoms with Gasteiger partial charge in [0.1, 0.15) is 5.82 Å². The summed E-state index contributed by atoms with van der Waals surface area (Å²) in [4.78, 5) is 32.4. The predicted octanol–water partition coefficient (Wildman–Crippen LogP) is 1.84. The van der Waals surface area contributed by atoms with E-state index in [-0.39, 0.29) is 18.5 Å². The Bertz CT molecular complexity index is 985. The van der Waals surface area contributed by atoms with Gasteiger partial charge in [0.25, 0.3) is 0 Å². The first kappa shape index (κ1) is 19.1. The van der Waals surface area contributed by atoms with Gasteiger partial charge in [-0.1, -0.05) is 18.2 Å². The maximum absolute atomic E-state index is 12.4. The molecule has 4 rings (SSSR count). The van der Waals surface area contributed by atoms with Gasteiger partial charge < -0.3 is 20.4 Å². The van der Waals surface area contributed by atoms with E-state index in [1.165, 1.54) is 16.2 Å². The Morgan fingerprint density at radius 1 is 1.00 bits per heavy atom. The van der Waals surface area contributed by atoms with Crippen LogP contribution in [-0.4, -0.2) is 58.9 Å². The van der Waals surface area contributed by atoms with Gasteiger partial charge in [0, 0.05) is 37.8 Å². The number of anilines is 1. The summed E-state index contributed by atoms with van der Waals surface area (Å²) < 4.78 is 5.75. The molecule has 3 heterocycles. The summed E-state index contributed by atoms with van der Waals surface area (Å²) in [6.07, 6.45) is 1.68. The summed E-state index contributed by atoms with van der Waals surface area (Å²) >= 11 is 1.50. The first-order valence-electron chi connectivity index (χ1n) is 9.49. The average Bonchev–Trinajstić information content (AvgIpc) is 3.21. The fourth-order valence-corrected chi connectivity index (χ4v) is 4.04. The summed E-state index contributed by atoms with van der Waals surface area (Å²) in [6.45, 7) is 2.90. The van der Waals surface area contributed by atoms with Crippen LogP contribution in [0.3, 0.4) is 0 Å². The fraction of sp³-hybridized carbons (Fsp3) is 0.300. The summed E-state index contributed by atoms with van der Waals surface area (Å²) in [6, 6.07) is 13.5. The van der Waals surface area contributed by atoms with Crippen molar-refractivity contribution < 1.29 is 9.59 Å². The van der Waals surface area contributed by atoms with Crippen molar-refractivity contribution in [2.75, 3.05) is 37.6 Å². The van der Waals surface area contributed by atoms with E-state index in [9.17, 15) is 9.59 Å². The lowest BCUT2D eigenvalue weighted by Crippen LogP contribution is -2.53. The van der Waals surface area contributed by atoms with Gasteiger partial charge in [-0.25, -0.2) is 4.79 Å². The largest absolute Gasteiger partial charge is 0.352 e. The molecule has 0 radical (unpaired) electrons. The molecule has 0 aliphatic carbocycles. The van der Waals surface area contributed by atoms with E-state index in [0.29, 0.717) is 32.7 Å². The number of nitrogens with zero attached hydrogens (tertiary/aromatic N) is 4. The minimum atomic E-state index is -0.239. The summed E-state index contributed by atoms with van der Waals surface area (Å²) in [5.74, 6) is 0.746. The van der Waals surface area contributed by atoms with Crippen molar-refractivity contribution >= 4 is 39.4 Å². The zero-order valence-electron chi connectivity index (χ0n) is 15.9. The van der Waals surface area contributed by atoms with Crippen molar-refractivity contribution in [1.29, 1.82) is 0 Å². The maximum Gasteiger partial charge on any atom is 0.317 e. The van der Waals surface area contributed by atoms with E-state index in [1.54, 1.807) is 11.1 Å². The molecular weight excluding hydrogens is 388 g/mol. The number of hydrogen-bond acceptors (Lipinski definition) is 6. The van der Waals surface area contributed by atoms with Gasteiger partial charge in [0.05, 0.1) is 23.5 Å². The molecule has 1 aromatic carbocycles. The Morgan fingerprint density at radius 2 is 1.79 bits per heavy atom. The first-order valence-corrected chi connectivity index (χ1v) is 10.3. The maximum atomic E-state index is 12.4. The average molecular weight is 411 g/mol. The van der Waals surface area contributed by atoms with Gasteiger partial charge in [-0.15, -0.1) is 0 Å². The number of pyridine rings is 1. The lowest BCUT2D eigenvalue weighted by Gasteiger charge is -2.35. The number of aromatic nitrogens is 2. The molecule has 1 aliphatic heterocycles. The van der Waals surface area contributed by atoms with Crippen molar-refractivity contribution in [3.63, 3.8) is 0 Å². The highest BCUT2D eigenvalue weighted by Crippen LogP contribution is 2.29. The number of benzene rings is 1. The second-order valence-corrected chi connectivity index (χ2v) is 7.54. The Balaban J connectivity index is 1.22. The third kappa shape index (κ3) is 4.62. The molecule has 1 fully saturated rings. The Kier molecular flexibility index (Phi) is 5.85. The molecule has 1 saturated heterocycles. The van der Waals surface area contributed by atoms with E-state index in [0.717, 1.165) is 16.9 Å². The number of rotatable bonds is 5. The van der Waals surface area contributed by atoms with Crippen LogP contribution in [0.1, 0.15) is 5.69 Å². The fourth-order valence-electron chi connectivity index (χ4n) is 3.24. The molecular formula is C20H22N6O2S. The van der Waals surface area contributed by atoms with Crippen LogP contribution in [0, 0.1) is 0 Å². The van der Waals surface area contributed by atoms with Gasteiger partial charge in [0.2, 0.25) is 5.91 Å². The molecule has 8 nitrogen and oxygen atoms in total. The summed E-state index contributed by atoms with van der Waals surface area (Å²) in [7, 11) is 0. The zero-order valence-corrected chi connectivity index (χ0v) is 16.7. The molecule has 29 heavy (non-hydrogen) atoms. The topological polar surface area (TPSA) is 90.5 Å². The first-order chi connectivity index (χ1) is 14.2. The van der Waals surface area contributed by atoms with E-state index in [2.05, 4.69) is 37.0 Å². The van der Waals surface area contributed by atoms with Crippen LogP contribution < -0.4 is 15.5 Å². The van der Waals surface area contributed by atoms with Gasteiger partial charge in [-0.05, 0) is 35.8 Å². The number of piperazine rings is 1. The highest BCUT2D eigenvalue weighted by Gasteiger charge is 2.23.